The summed E-state index contributed by atoms with van der Waals surface area (Å²) in [6.45, 7) is -0.433. The Labute approximate surface area is 143 Å². The van der Waals surface area contributed by atoms with E-state index in [1.165, 1.54) is 12.8 Å². The minimum absolute atomic E-state index is 0.225. The van der Waals surface area contributed by atoms with Gasteiger partial charge in [-0.05, 0) is 24.7 Å². The highest BCUT2D eigenvalue weighted by Crippen LogP contribution is 2.45. The fourth-order valence-electron chi connectivity index (χ4n) is 3.28. The van der Waals surface area contributed by atoms with E-state index in [4.69, 9.17) is 14.9 Å². The van der Waals surface area contributed by atoms with Crippen LogP contribution in [0.1, 0.15) is 19.3 Å². The van der Waals surface area contributed by atoms with Crippen LogP contribution in [0.25, 0.3) is 0 Å². The molecule has 3 rings (SSSR count). The van der Waals surface area contributed by atoms with Crippen molar-refractivity contribution in [2.24, 2.45) is 11.8 Å². The van der Waals surface area contributed by atoms with Crippen molar-refractivity contribution in [3.8, 4) is 0 Å². The monoisotopic (exact) mass is 356 g/mol. The van der Waals surface area contributed by atoms with Crippen LogP contribution in [0.2, 0.25) is 0 Å². The lowest BCUT2D eigenvalue weighted by Crippen LogP contribution is -2.37. The van der Waals surface area contributed by atoms with Crippen LogP contribution in [0.4, 0.5) is 0 Å². The summed E-state index contributed by atoms with van der Waals surface area (Å²) < 4.78 is 9.57. The number of carbonyl (C=O) groups is 2. The van der Waals surface area contributed by atoms with Gasteiger partial charge in [-0.1, -0.05) is 12.2 Å². The molecule has 5 atom stereocenters. The highest BCUT2D eigenvalue weighted by molar-refractivity contribution is 7.99. The smallest absolute Gasteiger partial charge is 0.325 e. The van der Waals surface area contributed by atoms with Gasteiger partial charge in [0.15, 0.2) is 6.10 Å². The van der Waals surface area contributed by atoms with Crippen LogP contribution in [0, 0.1) is 11.8 Å². The molecule has 0 aromatic carbocycles. The van der Waals surface area contributed by atoms with Crippen LogP contribution >= 0.6 is 11.8 Å². The van der Waals surface area contributed by atoms with Crippen molar-refractivity contribution in [2.75, 3.05) is 12.4 Å². The molecular weight excluding hydrogens is 336 g/mol. The second kappa shape index (κ2) is 7.06. The first-order valence-corrected chi connectivity index (χ1v) is 8.97. The maximum Gasteiger partial charge on any atom is 0.325 e. The van der Waals surface area contributed by atoms with Gasteiger partial charge in [-0.25, -0.2) is 0 Å². The van der Waals surface area contributed by atoms with E-state index in [1.54, 1.807) is 11.8 Å². The molecule has 7 nitrogen and oxygen atoms in total. The van der Waals surface area contributed by atoms with E-state index >= 15 is 0 Å². The molecule has 0 saturated heterocycles. The SMILES string of the molecule is O=C(CCSC1CC2C=CC1C2)OC[C@H](O)[C@H]1OC(O)=C(O)C1=O. The number of allylic oxidation sites excluding steroid dienone is 2. The fourth-order valence-corrected chi connectivity index (χ4v) is 4.70. The Balaban J connectivity index is 1.33. The Morgan fingerprint density at radius 1 is 1.38 bits per heavy atom. The van der Waals surface area contributed by atoms with Gasteiger partial charge in [0.25, 0.3) is 0 Å². The van der Waals surface area contributed by atoms with Gasteiger partial charge >= 0.3 is 11.9 Å². The molecule has 3 aliphatic rings. The van der Waals surface area contributed by atoms with Crippen molar-refractivity contribution in [3.05, 3.63) is 23.9 Å². The van der Waals surface area contributed by atoms with E-state index in [-0.39, 0.29) is 6.42 Å². The molecular formula is C16H20O7S. The van der Waals surface area contributed by atoms with Crippen molar-refractivity contribution in [1.82, 2.24) is 0 Å². The summed E-state index contributed by atoms with van der Waals surface area (Å²) in [5.41, 5.74) is 0. The van der Waals surface area contributed by atoms with E-state index in [2.05, 4.69) is 16.9 Å². The lowest BCUT2D eigenvalue weighted by atomic mass is 10.1. The van der Waals surface area contributed by atoms with Crippen LogP contribution in [-0.2, 0) is 19.1 Å². The summed E-state index contributed by atoms with van der Waals surface area (Å²) in [7, 11) is 0. The number of thioether (sulfide) groups is 1. The first kappa shape index (κ1) is 17.2. The number of carbonyl (C=O) groups excluding carboxylic acids is 2. The molecule has 1 aliphatic heterocycles. The molecule has 24 heavy (non-hydrogen) atoms. The summed E-state index contributed by atoms with van der Waals surface area (Å²) in [6.07, 6.45) is 4.25. The molecule has 0 radical (unpaired) electrons. The minimum Gasteiger partial charge on any atom is -0.499 e. The van der Waals surface area contributed by atoms with Crippen LogP contribution < -0.4 is 0 Å². The Kier molecular flexibility index (Phi) is 5.05. The predicted octanol–water partition coefficient (Wildman–Crippen LogP) is 1.23. The normalized spacial score (nSPS) is 32.3. The Morgan fingerprint density at radius 3 is 2.75 bits per heavy atom. The summed E-state index contributed by atoms with van der Waals surface area (Å²) >= 11 is 1.77. The molecule has 2 aliphatic carbocycles. The zero-order valence-corrected chi connectivity index (χ0v) is 13.8. The van der Waals surface area contributed by atoms with E-state index in [0.717, 1.165) is 0 Å². The maximum absolute atomic E-state index is 11.7. The lowest BCUT2D eigenvalue weighted by molar-refractivity contribution is -0.151. The standard InChI is InChI=1S/C16H20O7S/c17-10(15-13(19)14(20)16(21)23-15)7-22-12(18)3-4-24-11-6-8-1-2-9(11)5-8/h1-2,8-11,15,17,20-21H,3-7H2/t8?,9?,10-,11?,15+/m0/s1. The van der Waals surface area contributed by atoms with Crippen molar-refractivity contribution in [1.29, 1.82) is 0 Å². The average Bonchev–Trinajstić information content (AvgIpc) is 3.24. The molecule has 1 heterocycles. The zero-order chi connectivity index (χ0) is 17.3. The number of Topliss-reactive ketones (excluding diaryl/α,β-unsaturated/α-hetero) is 1. The van der Waals surface area contributed by atoms with Crippen molar-refractivity contribution < 1.29 is 34.4 Å². The molecule has 0 aromatic heterocycles. The van der Waals surface area contributed by atoms with E-state index in [1.807, 2.05) is 0 Å². The van der Waals surface area contributed by atoms with Gasteiger partial charge in [-0.3, -0.25) is 9.59 Å². The van der Waals surface area contributed by atoms with Crippen LogP contribution in [0.3, 0.4) is 0 Å². The molecule has 8 heteroatoms. The van der Waals surface area contributed by atoms with Gasteiger partial charge in [0.1, 0.15) is 12.7 Å². The number of hydrogen-bond acceptors (Lipinski definition) is 8. The summed E-state index contributed by atoms with van der Waals surface area (Å²) in [5.74, 6) is -1.29. The van der Waals surface area contributed by atoms with Gasteiger partial charge < -0.3 is 24.8 Å². The molecule has 2 bridgehead atoms. The number of hydrogen-bond donors (Lipinski definition) is 3. The Bertz CT molecular complexity index is 585. The maximum atomic E-state index is 11.7. The third-order valence-electron chi connectivity index (χ3n) is 4.55. The van der Waals surface area contributed by atoms with E-state index in [0.29, 0.717) is 22.8 Å². The van der Waals surface area contributed by atoms with Gasteiger partial charge in [-0.2, -0.15) is 11.8 Å². The zero-order valence-electron chi connectivity index (χ0n) is 13.0. The first-order valence-electron chi connectivity index (χ1n) is 7.92. The van der Waals surface area contributed by atoms with Crippen LogP contribution in [0.5, 0.6) is 0 Å². The van der Waals surface area contributed by atoms with Crippen LogP contribution in [-0.4, -0.2) is 56.9 Å². The second-order valence-corrected chi connectivity index (χ2v) is 7.59. The topological polar surface area (TPSA) is 113 Å². The molecule has 132 valence electrons. The molecule has 0 spiro atoms. The number of rotatable bonds is 7. The Hall–Kier alpha value is -1.67. The number of aliphatic hydroxyl groups is 3. The largest absolute Gasteiger partial charge is 0.499 e. The second-order valence-electron chi connectivity index (χ2n) is 6.25. The lowest BCUT2D eigenvalue weighted by Gasteiger charge is -2.18. The van der Waals surface area contributed by atoms with E-state index in [9.17, 15) is 14.7 Å². The fraction of sp³-hybridized carbons (Fsp3) is 0.625. The molecule has 0 amide bonds. The molecule has 3 unspecified atom stereocenters. The van der Waals surface area contributed by atoms with Crippen molar-refractivity contribution in [3.63, 3.8) is 0 Å². The molecule has 3 N–H and O–H groups in total. The summed E-state index contributed by atoms with van der Waals surface area (Å²) in [4.78, 5) is 23.2. The predicted molar refractivity (Wildman–Crippen MR) is 85.3 cm³/mol. The number of fused-ring (bicyclic) bond motifs is 2. The minimum atomic E-state index is -1.45. The van der Waals surface area contributed by atoms with Gasteiger partial charge in [0.05, 0.1) is 6.42 Å². The molecule has 1 fully saturated rings. The van der Waals surface area contributed by atoms with Gasteiger partial charge in [-0.15, -0.1) is 0 Å². The van der Waals surface area contributed by atoms with Crippen LogP contribution in [0.15, 0.2) is 23.9 Å². The molecule has 0 aromatic rings. The number of esters is 1. The molecule has 1 saturated carbocycles. The average molecular weight is 356 g/mol. The third-order valence-corrected chi connectivity index (χ3v) is 5.96. The number of aliphatic hydroxyl groups excluding tert-OH is 3. The Morgan fingerprint density at radius 2 is 2.17 bits per heavy atom. The summed E-state index contributed by atoms with van der Waals surface area (Å²) in [5, 5.41) is 28.6. The van der Waals surface area contributed by atoms with E-state index < -0.39 is 42.3 Å². The number of ketones is 1. The van der Waals surface area contributed by atoms with Crippen molar-refractivity contribution in [2.45, 2.75) is 36.7 Å². The quantitative estimate of drug-likeness (QED) is 0.461. The van der Waals surface area contributed by atoms with Gasteiger partial charge in [0.2, 0.25) is 11.5 Å². The highest BCUT2D eigenvalue weighted by atomic mass is 32.2. The summed E-state index contributed by atoms with van der Waals surface area (Å²) in [6, 6.07) is 0. The van der Waals surface area contributed by atoms with Gasteiger partial charge in [0, 0.05) is 11.0 Å². The first-order chi connectivity index (χ1) is 11.5. The number of ether oxygens (including phenoxy) is 2. The highest BCUT2D eigenvalue weighted by Gasteiger charge is 2.41. The van der Waals surface area contributed by atoms with Crippen molar-refractivity contribution >= 4 is 23.5 Å². The third kappa shape index (κ3) is 3.54.